The van der Waals surface area contributed by atoms with E-state index in [1.165, 1.54) is 11.8 Å². The van der Waals surface area contributed by atoms with Gasteiger partial charge >= 0.3 is 0 Å². The van der Waals surface area contributed by atoms with E-state index in [1.807, 2.05) is 20.1 Å². The van der Waals surface area contributed by atoms with E-state index in [1.54, 1.807) is 18.3 Å². The van der Waals surface area contributed by atoms with Crippen LogP contribution in [-0.2, 0) is 4.84 Å². The smallest absolute Gasteiger partial charge is 0.273 e. The number of nitrogens with one attached hydrogen (secondary N) is 1. The molecule has 1 heterocycles. The van der Waals surface area contributed by atoms with Gasteiger partial charge < -0.3 is 0 Å². The third-order valence-electron chi connectivity index (χ3n) is 1.79. The molecule has 0 saturated carbocycles. The first-order valence-corrected chi connectivity index (χ1v) is 6.28. The number of carbonyl (C=O) groups excluding carboxylic acids is 1. The summed E-state index contributed by atoms with van der Waals surface area (Å²) in [6, 6.07) is 3.46. The minimum absolute atomic E-state index is 0.252. The Bertz CT molecular complexity index is 356. The van der Waals surface area contributed by atoms with Crippen molar-refractivity contribution in [2.75, 3.05) is 12.9 Å². The molecule has 0 aromatic carbocycles. The summed E-state index contributed by atoms with van der Waals surface area (Å²) < 4.78 is 0. The van der Waals surface area contributed by atoms with E-state index >= 15 is 0 Å². The molecule has 1 amide bonds. The summed E-state index contributed by atoms with van der Waals surface area (Å²) in [5.74, 6) is 0.132. The molecule has 0 unspecified atom stereocenters. The number of aromatic nitrogens is 1. The zero-order valence-electron chi connectivity index (χ0n) is 9.69. The molecule has 1 N–H and O–H groups in total. The van der Waals surface area contributed by atoms with Crippen molar-refractivity contribution in [1.82, 2.24) is 10.5 Å². The molecule has 1 rings (SSSR count). The summed E-state index contributed by atoms with van der Waals surface area (Å²) in [6.07, 6.45) is 3.55. The first-order valence-electron chi connectivity index (χ1n) is 5.06. The molecule has 0 spiro atoms. The van der Waals surface area contributed by atoms with Gasteiger partial charge in [-0.25, -0.2) is 10.5 Å². The summed E-state index contributed by atoms with van der Waals surface area (Å²) >= 11 is 1.44. The molecule has 16 heavy (non-hydrogen) atoms. The van der Waals surface area contributed by atoms with E-state index in [0.717, 1.165) is 0 Å². The Morgan fingerprint density at radius 2 is 2.38 bits per heavy atom. The predicted molar refractivity (Wildman–Crippen MR) is 64.3 cm³/mol. The number of thioether (sulfide) groups is 1. The Hall–Kier alpha value is -1.07. The summed E-state index contributed by atoms with van der Waals surface area (Å²) in [5, 5.41) is 0.702. The van der Waals surface area contributed by atoms with Crippen molar-refractivity contribution >= 4 is 17.7 Å². The molecule has 1 aromatic rings. The topological polar surface area (TPSA) is 51.2 Å². The number of hydrogen-bond donors (Lipinski definition) is 1. The van der Waals surface area contributed by atoms with Crippen LogP contribution in [0.4, 0.5) is 0 Å². The standard InChI is InChI=1S/C11H16N2O2S/c1-8(2)7-15-13-10(14)9-5-4-6-12-11(9)16-3/h4-6,8H,7H2,1-3H3,(H,13,14). The molecule has 5 heteroatoms. The lowest BCUT2D eigenvalue weighted by Crippen LogP contribution is -2.26. The van der Waals surface area contributed by atoms with Gasteiger partial charge in [-0.05, 0) is 24.3 Å². The maximum absolute atomic E-state index is 11.7. The lowest BCUT2D eigenvalue weighted by Gasteiger charge is -2.09. The van der Waals surface area contributed by atoms with Gasteiger partial charge in [-0.3, -0.25) is 9.63 Å². The van der Waals surface area contributed by atoms with E-state index in [4.69, 9.17) is 4.84 Å². The maximum Gasteiger partial charge on any atom is 0.277 e. The number of rotatable bonds is 5. The van der Waals surface area contributed by atoms with Gasteiger partial charge in [0.15, 0.2) is 0 Å². The quantitative estimate of drug-likeness (QED) is 0.632. The highest BCUT2D eigenvalue weighted by Crippen LogP contribution is 2.16. The molecule has 0 fully saturated rings. The van der Waals surface area contributed by atoms with Gasteiger partial charge in [0.25, 0.3) is 5.91 Å². The molecular formula is C11H16N2O2S. The Morgan fingerprint density at radius 1 is 1.62 bits per heavy atom. The van der Waals surface area contributed by atoms with Crippen molar-refractivity contribution in [3.05, 3.63) is 23.9 Å². The minimum Gasteiger partial charge on any atom is -0.273 e. The molecule has 0 aliphatic carbocycles. The first kappa shape index (κ1) is 13.0. The fraction of sp³-hybridized carbons (Fsp3) is 0.455. The van der Waals surface area contributed by atoms with Crippen molar-refractivity contribution in [1.29, 1.82) is 0 Å². The number of hydrogen-bond acceptors (Lipinski definition) is 4. The normalized spacial score (nSPS) is 10.5. The van der Waals surface area contributed by atoms with Crippen LogP contribution in [0.25, 0.3) is 0 Å². The van der Waals surface area contributed by atoms with Gasteiger partial charge in [-0.15, -0.1) is 11.8 Å². The number of hydroxylamine groups is 1. The molecule has 0 saturated heterocycles. The van der Waals surface area contributed by atoms with Crippen LogP contribution in [0, 0.1) is 5.92 Å². The highest BCUT2D eigenvalue weighted by Gasteiger charge is 2.11. The van der Waals surface area contributed by atoms with E-state index < -0.39 is 0 Å². The summed E-state index contributed by atoms with van der Waals surface area (Å²) in [4.78, 5) is 20.9. The molecular weight excluding hydrogens is 224 g/mol. The Kier molecular flexibility index (Phi) is 5.28. The van der Waals surface area contributed by atoms with Crippen LogP contribution < -0.4 is 5.48 Å². The van der Waals surface area contributed by atoms with Crippen molar-refractivity contribution < 1.29 is 9.63 Å². The Labute approximate surface area is 99.7 Å². The fourth-order valence-corrected chi connectivity index (χ4v) is 1.60. The average Bonchev–Trinajstić information content (AvgIpc) is 2.28. The van der Waals surface area contributed by atoms with Gasteiger partial charge in [0.05, 0.1) is 12.2 Å². The van der Waals surface area contributed by atoms with E-state index in [-0.39, 0.29) is 5.91 Å². The third-order valence-corrected chi connectivity index (χ3v) is 2.50. The Balaban J connectivity index is 2.59. The highest BCUT2D eigenvalue weighted by atomic mass is 32.2. The van der Waals surface area contributed by atoms with Crippen LogP contribution in [-0.4, -0.2) is 23.8 Å². The van der Waals surface area contributed by atoms with E-state index in [9.17, 15) is 4.79 Å². The van der Waals surface area contributed by atoms with Gasteiger partial charge in [0.1, 0.15) is 5.03 Å². The second kappa shape index (κ2) is 6.50. The SMILES string of the molecule is CSc1ncccc1C(=O)NOCC(C)C. The average molecular weight is 240 g/mol. The molecule has 0 bridgehead atoms. The number of pyridine rings is 1. The third kappa shape index (κ3) is 3.83. The van der Waals surface area contributed by atoms with Crippen LogP contribution in [0.1, 0.15) is 24.2 Å². The van der Waals surface area contributed by atoms with Gasteiger partial charge in [-0.2, -0.15) is 0 Å². The van der Waals surface area contributed by atoms with Crippen LogP contribution in [0.3, 0.4) is 0 Å². The van der Waals surface area contributed by atoms with Crippen LogP contribution in [0.5, 0.6) is 0 Å². The summed E-state index contributed by atoms with van der Waals surface area (Å²) in [7, 11) is 0. The Morgan fingerprint density at radius 3 is 3.00 bits per heavy atom. The second-order valence-corrected chi connectivity index (χ2v) is 4.49. The van der Waals surface area contributed by atoms with E-state index in [2.05, 4.69) is 10.5 Å². The van der Waals surface area contributed by atoms with Gasteiger partial charge in [-0.1, -0.05) is 13.8 Å². The predicted octanol–water partition coefficient (Wildman–Crippen LogP) is 2.12. The van der Waals surface area contributed by atoms with Gasteiger partial charge in [0, 0.05) is 6.20 Å². The molecule has 0 aliphatic heterocycles. The monoisotopic (exact) mass is 240 g/mol. The molecule has 0 atom stereocenters. The number of amides is 1. The minimum atomic E-state index is -0.252. The van der Waals surface area contributed by atoms with Crippen LogP contribution in [0.2, 0.25) is 0 Å². The van der Waals surface area contributed by atoms with E-state index in [0.29, 0.717) is 23.1 Å². The molecule has 0 radical (unpaired) electrons. The van der Waals surface area contributed by atoms with Crippen LogP contribution in [0.15, 0.2) is 23.4 Å². The van der Waals surface area contributed by atoms with Crippen molar-refractivity contribution in [3.8, 4) is 0 Å². The molecule has 1 aromatic heterocycles. The molecule has 0 aliphatic rings. The van der Waals surface area contributed by atoms with Crippen LogP contribution >= 0.6 is 11.8 Å². The zero-order chi connectivity index (χ0) is 12.0. The van der Waals surface area contributed by atoms with Crippen molar-refractivity contribution in [2.45, 2.75) is 18.9 Å². The largest absolute Gasteiger partial charge is 0.277 e. The highest BCUT2D eigenvalue weighted by molar-refractivity contribution is 7.98. The molecule has 88 valence electrons. The summed E-state index contributed by atoms with van der Waals surface area (Å²) in [5.41, 5.74) is 2.95. The fourth-order valence-electron chi connectivity index (χ4n) is 1.06. The van der Waals surface area contributed by atoms with Crippen molar-refractivity contribution in [2.24, 2.45) is 5.92 Å². The first-order chi connectivity index (χ1) is 7.65. The number of carbonyl (C=O) groups is 1. The summed E-state index contributed by atoms with van der Waals surface area (Å²) in [6.45, 7) is 4.54. The second-order valence-electron chi connectivity index (χ2n) is 3.70. The lowest BCUT2D eigenvalue weighted by molar-refractivity contribution is 0.0206. The molecule has 4 nitrogen and oxygen atoms in total. The number of nitrogens with zero attached hydrogens (tertiary/aromatic N) is 1. The van der Waals surface area contributed by atoms with Gasteiger partial charge in [0.2, 0.25) is 0 Å². The lowest BCUT2D eigenvalue weighted by atomic mass is 10.2. The zero-order valence-corrected chi connectivity index (χ0v) is 10.5. The maximum atomic E-state index is 11.7. The van der Waals surface area contributed by atoms with Crippen molar-refractivity contribution in [3.63, 3.8) is 0 Å².